The van der Waals surface area contributed by atoms with Crippen molar-refractivity contribution < 1.29 is 4.79 Å². The van der Waals surface area contributed by atoms with Crippen LogP contribution in [-0.4, -0.2) is 66.0 Å². The van der Waals surface area contributed by atoms with Gasteiger partial charge in [-0.15, -0.1) is 0 Å². The molecule has 5 heterocycles. The van der Waals surface area contributed by atoms with Gasteiger partial charge < -0.3 is 15.1 Å². The number of pyridine rings is 1. The molecule has 4 bridgehead atoms. The monoisotopic (exact) mass is 376 g/mol. The van der Waals surface area contributed by atoms with E-state index in [1.165, 1.54) is 11.1 Å². The van der Waals surface area contributed by atoms with E-state index in [9.17, 15) is 4.79 Å². The third-order valence-corrected chi connectivity index (χ3v) is 6.85. The topological polar surface area (TPSA) is 48.5 Å². The average molecular weight is 377 g/mol. The third kappa shape index (κ3) is 3.23. The highest BCUT2D eigenvalue weighted by Gasteiger charge is 2.55. The lowest BCUT2D eigenvalue weighted by molar-refractivity contribution is -0.124. The number of hydrogen-bond donors (Lipinski definition) is 1. The molecule has 4 saturated heterocycles. The highest BCUT2D eigenvalue weighted by Crippen LogP contribution is 2.43. The number of carbonyl (C=O) groups excluding carboxylic acids is 1. The molecular weight excluding hydrogens is 348 g/mol. The number of hydrogen-bond acceptors (Lipinski definition) is 4. The number of aromatic nitrogens is 1. The van der Waals surface area contributed by atoms with Crippen molar-refractivity contribution in [3.8, 4) is 0 Å². The minimum atomic E-state index is -0.00868. The van der Waals surface area contributed by atoms with Crippen LogP contribution in [0.15, 0.2) is 54.9 Å². The summed E-state index contributed by atoms with van der Waals surface area (Å²) in [7, 11) is 0. The molecule has 28 heavy (non-hydrogen) atoms. The average Bonchev–Trinajstić information content (AvgIpc) is 2.99. The van der Waals surface area contributed by atoms with E-state index in [1.54, 1.807) is 12.4 Å². The Morgan fingerprint density at radius 1 is 1.04 bits per heavy atom. The quantitative estimate of drug-likeness (QED) is 0.863. The van der Waals surface area contributed by atoms with Gasteiger partial charge in [0.2, 0.25) is 5.91 Å². The van der Waals surface area contributed by atoms with Crippen molar-refractivity contribution in [1.29, 1.82) is 0 Å². The predicted octanol–water partition coefficient (Wildman–Crippen LogP) is 1.70. The molecule has 4 aliphatic rings. The van der Waals surface area contributed by atoms with E-state index in [0.717, 1.165) is 45.7 Å². The van der Waals surface area contributed by atoms with Gasteiger partial charge in [-0.25, -0.2) is 0 Å². The van der Waals surface area contributed by atoms with E-state index in [0.29, 0.717) is 12.3 Å². The molecule has 4 fully saturated rings. The fourth-order valence-electron chi connectivity index (χ4n) is 5.62. The summed E-state index contributed by atoms with van der Waals surface area (Å²) in [6.07, 6.45) is 4.89. The molecule has 2 unspecified atom stereocenters. The fourth-order valence-corrected chi connectivity index (χ4v) is 5.62. The molecule has 1 amide bonds. The first-order valence-corrected chi connectivity index (χ1v) is 10.4. The summed E-state index contributed by atoms with van der Waals surface area (Å²) >= 11 is 0. The number of nitrogens with zero attached hydrogens (tertiary/aromatic N) is 3. The van der Waals surface area contributed by atoms with Gasteiger partial charge in [0.1, 0.15) is 0 Å². The molecule has 5 heteroatoms. The maximum atomic E-state index is 12.9. The van der Waals surface area contributed by atoms with Crippen molar-refractivity contribution >= 4 is 5.91 Å². The molecule has 6 rings (SSSR count). The maximum Gasteiger partial charge on any atom is 0.220 e. The number of nitrogens with one attached hydrogen (secondary N) is 1. The van der Waals surface area contributed by atoms with E-state index in [2.05, 4.69) is 50.4 Å². The van der Waals surface area contributed by atoms with Gasteiger partial charge >= 0.3 is 0 Å². The van der Waals surface area contributed by atoms with Crippen LogP contribution in [0.5, 0.6) is 0 Å². The maximum absolute atomic E-state index is 12.9. The lowest BCUT2D eigenvalue weighted by Crippen LogP contribution is -2.70. The van der Waals surface area contributed by atoms with Crippen LogP contribution in [0.3, 0.4) is 0 Å². The van der Waals surface area contributed by atoms with Crippen molar-refractivity contribution in [2.24, 2.45) is 5.92 Å². The Hall–Kier alpha value is -2.24. The van der Waals surface area contributed by atoms with E-state index >= 15 is 0 Å². The Morgan fingerprint density at radius 2 is 1.71 bits per heavy atom. The minimum Gasteiger partial charge on any atom is -0.352 e. The summed E-state index contributed by atoms with van der Waals surface area (Å²) in [5.41, 5.74) is 2.53. The summed E-state index contributed by atoms with van der Waals surface area (Å²) in [6.45, 7) is 6.57. The molecule has 1 aromatic heterocycles. The molecule has 0 radical (unpaired) electrons. The van der Waals surface area contributed by atoms with Crippen LogP contribution in [0.25, 0.3) is 0 Å². The predicted molar refractivity (Wildman–Crippen MR) is 109 cm³/mol. The Balaban J connectivity index is 1.38. The number of benzene rings is 1. The second-order valence-electron chi connectivity index (χ2n) is 8.65. The van der Waals surface area contributed by atoms with Gasteiger partial charge in [-0.2, -0.15) is 0 Å². The van der Waals surface area contributed by atoms with Gasteiger partial charge in [-0.3, -0.25) is 9.78 Å². The Bertz CT molecular complexity index is 809. The summed E-state index contributed by atoms with van der Waals surface area (Å²) in [6, 6.07) is 15.1. The van der Waals surface area contributed by atoms with E-state index in [1.807, 2.05) is 12.1 Å². The minimum absolute atomic E-state index is 0.00868. The van der Waals surface area contributed by atoms with Gasteiger partial charge in [-0.05, 0) is 29.7 Å². The van der Waals surface area contributed by atoms with Crippen molar-refractivity contribution in [1.82, 2.24) is 20.1 Å². The molecule has 1 aromatic carbocycles. The molecular formula is C23H28N4O. The second kappa shape index (κ2) is 7.30. The fraction of sp³-hybridized carbons (Fsp3) is 0.478. The lowest BCUT2D eigenvalue weighted by atomic mass is 9.64. The van der Waals surface area contributed by atoms with E-state index < -0.39 is 0 Å². The van der Waals surface area contributed by atoms with Crippen molar-refractivity contribution in [2.45, 2.75) is 24.3 Å². The zero-order valence-electron chi connectivity index (χ0n) is 16.3. The number of piperidine rings is 2. The summed E-state index contributed by atoms with van der Waals surface area (Å²) < 4.78 is 0. The van der Waals surface area contributed by atoms with Crippen LogP contribution in [0.2, 0.25) is 0 Å². The van der Waals surface area contributed by atoms with Crippen LogP contribution in [0, 0.1) is 5.92 Å². The summed E-state index contributed by atoms with van der Waals surface area (Å²) in [5, 5.41) is 3.49. The molecule has 0 aliphatic carbocycles. The smallest absolute Gasteiger partial charge is 0.220 e. The molecule has 0 spiro atoms. The van der Waals surface area contributed by atoms with Gasteiger partial charge in [-0.1, -0.05) is 30.3 Å². The number of carbonyl (C=O) groups is 1. The Kier molecular flexibility index (Phi) is 4.65. The molecule has 1 N–H and O–H groups in total. The van der Waals surface area contributed by atoms with Crippen LogP contribution < -0.4 is 5.32 Å². The van der Waals surface area contributed by atoms with Crippen molar-refractivity contribution in [3.63, 3.8) is 0 Å². The molecule has 4 aliphatic heterocycles. The first kappa shape index (κ1) is 17.8. The Morgan fingerprint density at radius 3 is 2.39 bits per heavy atom. The highest BCUT2D eigenvalue weighted by atomic mass is 16.1. The zero-order chi connectivity index (χ0) is 19.0. The zero-order valence-corrected chi connectivity index (χ0v) is 16.3. The van der Waals surface area contributed by atoms with Crippen LogP contribution in [0.4, 0.5) is 0 Å². The van der Waals surface area contributed by atoms with Crippen molar-refractivity contribution in [2.75, 3.05) is 39.3 Å². The van der Waals surface area contributed by atoms with Gasteiger partial charge in [0.15, 0.2) is 0 Å². The normalized spacial score (nSPS) is 33.4. The van der Waals surface area contributed by atoms with E-state index in [4.69, 9.17) is 0 Å². The van der Waals surface area contributed by atoms with Crippen LogP contribution in [-0.2, 0) is 16.6 Å². The molecule has 146 valence electrons. The van der Waals surface area contributed by atoms with Gasteiger partial charge in [0.05, 0.1) is 0 Å². The third-order valence-electron chi connectivity index (χ3n) is 6.85. The first-order valence-electron chi connectivity index (χ1n) is 10.4. The number of rotatable bonds is 5. The van der Waals surface area contributed by atoms with Crippen LogP contribution >= 0.6 is 0 Å². The molecule has 5 nitrogen and oxygen atoms in total. The first-order chi connectivity index (χ1) is 13.7. The van der Waals surface area contributed by atoms with Crippen LogP contribution in [0.1, 0.15) is 17.5 Å². The van der Waals surface area contributed by atoms with E-state index in [-0.39, 0.29) is 17.4 Å². The van der Waals surface area contributed by atoms with Gasteiger partial charge in [0.25, 0.3) is 0 Å². The van der Waals surface area contributed by atoms with Gasteiger partial charge in [0, 0.05) is 75.5 Å². The SMILES string of the molecule is O=C(CCc1ccncc1)N[C@@H]1C2CN3CCN(C2)CC1(c1ccccc1)C3. The number of aryl methyl sites for hydroxylation is 1. The number of amides is 1. The largest absolute Gasteiger partial charge is 0.352 e. The molecule has 3 atom stereocenters. The lowest BCUT2D eigenvalue weighted by Gasteiger charge is -2.55. The molecule has 0 saturated carbocycles. The molecule has 2 aromatic rings. The Labute approximate surface area is 166 Å². The second-order valence-corrected chi connectivity index (χ2v) is 8.65. The summed E-state index contributed by atoms with van der Waals surface area (Å²) in [5.74, 6) is 0.670. The summed E-state index contributed by atoms with van der Waals surface area (Å²) in [4.78, 5) is 22.2. The highest BCUT2D eigenvalue weighted by molar-refractivity contribution is 5.77. The van der Waals surface area contributed by atoms with Crippen molar-refractivity contribution in [3.05, 3.63) is 66.0 Å². The number of fused-ring (bicyclic) bond motifs is 1. The standard InChI is InChI=1S/C23H28N4O/c28-21(7-6-18-8-10-24-11-9-18)25-22-19-14-26-12-13-27(15-19)17-23(22,16-26)20-4-2-1-3-5-20/h1-5,8-11,19,22H,6-7,12-17H2,(H,25,28)/t19?,22-,23?/m1/s1.